The number of pyridine rings is 1. The fourth-order valence-electron chi connectivity index (χ4n) is 1.81. The third-order valence-corrected chi connectivity index (χ3v) is 2.63. The number of hydrogen-bond acceptors (Lipinski definition) is 1. The van der Waals surface area contributed by atoms with E-state index in [1.54, 1.807) is 6.20 Å². The van der Waals surface area contributed by atoms with Gasteiger partial charge in [0.05, 0.1) is 0 Å². The van der Waals surface area contributed by atoms with Gasteiger partial charge < -0.3 is 0 Å². The van der Waals surface area contributed by atoms with Crippen molar-refractivity contribution in [3.8, 4) is 11.1 Å². The Hall–Kier alpha value is -2.15. The molecule has 0 unspecified atom stereocenters. The third-order valence-electron chi connectivity index (χ3n) is 2.63. The molecule has 16 heavy (non-hydrogen) atoms. The second-order valence-electron chi connectivity index (χ2n) is 3.70. The van der Waals surface area contributed by atoms with Gasteiger partial charge in [0.2, 0.25) is 0 Å². The summed E-state index contributed by atoms with van der Waals surface area (Å²) in [4.78, 5) is 4.12. The SMILES string of the molecule is [c]1c(-c2cccnc2)ccc2ccccc12. The predicted molar refractivity (Wildman–Crippen MR) is 66.0 cm³/mol. The molecule has 0 aliphatic rings. The standard InChI is InChI=1S/C15H10N/c1-2-5-13-10-14(8-7-12(13)4-1)15-6-3-9-16-11-15/h1-9,11H. The van der Waals surface area contributed by atoms with Crippen LogP contribution in [0, 0.1) is 6.07 Å². The van der Waals surface area contributed by atoms with Crippen molar-refractivity contribution in [1.29, 1.82) is 0 Å². The molecule has 0 N–H and O–H groups in total. The maximum Gasteiger partial charge on any atom is 0.0346 e. The molecule has 3 rings (SSSR count). The molecule has 75 valence electrons. The zero-order chi connectivity index (χ0) is 10.8. The molecule has 0 atom stereocenters. The lowest BCUT2D eigenvalue weighted by Gasteiger charge is -2.02. The normalized spacial score (nSPS) is 10.5. The second-order valence-corrected chi connectivity index (χ2v) is 3.70. The van der Waals surface area contributed by atoms with E-state index in [1.807, 2.05) is 30.5 Å². The van der Waals surface area contributed by atoms with Crippen molar-refractivity contribution in [1.82, 2.24) is 4.98 Å². The summed E-state index contributed by atoms with van der Waals surface area (Å²) in [6.45, 7) is 0. The van der Waals surface area contributed by atoms with Crippen LogP contribution in [0.1, 0.15) is 0 Å². The van der Waals surface area contributed by atoms with Gasteiger partial charge in [-0.25, -0.2) is 0 Å². The number of nitrogens with zero attached hydrogens (tertiary/aromatic N) is 1. The molecule has 1 nitrogen and oxygen atoms in total. The van der Waals surface area contributed by atoms with Crippen molar-refractivity contribution in [3.05, 3.63) is 67.0 Å². The van der Waals surface area contributed by atoms with E-state index in [4.69, 9.17) is 0 Å². The molecule has 1 radical (unpaired) electrons. The van der Waals surface area contributed by atoms with Crippen LogP contribution < -0.4 is 0 Å². The van der Waals surface area contributed by atoms with Gasteiger partial charge >= 0.3 is 0 Å². The van der Waals surface area contributed by atoms with E-state index in [9.17, 15) is 0 Å². The molecule has 0 aliphatic carbocycles. The van der Waals surface area contributed by atoms with E-state index >= 15 is 0 Å². The van der Waals surface area contributed by atoms with E-state index in [0.717, 1.165) is 16.5 Å². The van der Waals surface area contributed by atoms with Gasteiger partial charge in [-0.15, -0.1) is 0 Å². The number of aromatic nitrogens is 1. The van der Waals surface area contributed by atoms with Crippen LogP contribution in [-0.4, -0.2) is 4.98 Å². The zero-order valence-electron chi connectivity index (χ0n) is 8.72. The molecule has 1 heterocycles. The molecule has 0 bridgehead atoms. The van der Waals surface area contributed by atoms with Crippen molar-refractivity contribution >= 4 is 10.8 Å². The topological polar surface area (TPSA) is 12.9 Å². The summed E-state index contributed by atoms with van der Waals surface area (Å²) in [5.74, 6) is 0. The summed E-state index contributed by atoms with van der Waals surface area (Å²) >= 11 is 0. The molecular formula is C15H10N. The maximum absolute atomic E-state index is 4.12. The first-order valence-electron chi connectivity index (χ1n) is 5.25. The lowest BCUT2D eigenvalue weighted by Crippen LogP contribution is -1.80. The van der Waals surface area contributed by atoms with Gasteiger partial charge in [-0.05, 0) is 28.5 Å². The molecule has 0 saturated carbocycles. The number of benzene rings is 2. The first kappa shape index (κ1) is 9.10. The minimum atomic E-state index is 1.09. The molecule has 0 spiro atoms. The molecular weight excluding hydrogens is 194 g/mol. The highest BCUT2D eigenvalue weighted by Gasteiger charge is 1.99. The average Bonchev–Trinajstić information content (AvgIpc) is 2.39. The third kappa shape index (κ3) is 1.57. The van der Waals surface area contributed by atoms with Crippen molar-refractivity contribution in [2.45, 2.75) is 0 Å². The van der Waals surface area contributed by atoms with Crippen LogP contribution in [0.15, 0.2) is 60.9 Å². The van der Waals surface area contributed by atoms with E-state index in [0.29, 0.717) is 0 Å². The number of rotatable bonds is 1. The van der Waals surface area contributed by atoms with Crippen LogP contribution in [0.3, 0.4) is 0 Å². The van der Waals surface area contributed by atoms with E-state index < -0.39 is 0 Å². The lowest BCUT2D eigenvalue weighted by molar-refractivity contribution is 1.33. The molecule has 3 aromatic rings. The lowest BCUT2D eigenvalue weighted by atomic mass is 10.0. The minimum absolute atomic E-state index is 1.09. The summed E-state index contributed by atoms with van der Waals surface area (Å²) in [6, 6.07) is 19.8. The van der Waals surface area contributed by atoms with Gasteiger partial charge in [-0.1, -0.05) is 42.5 Å². The van der Waals surface area contributed by atoms with Gasteiger partial charge in [0.25, 0.3) is 0 Å². The summed E-state index contributed by atoms with van der Waals surface area (Å²) in [5, 5.41) is 2.36. The van der Waals surface area contributed by atoms with Gasteiger partial charge in [0.1, 0.15) is 0 Å². The summed E-state index contributed by atoms with van der Waals surface area (Å²) in [5.41, 5.74) is 2.19. The van der Waals surface area contributed by atoms with Crippen LogP contribution in [0.5, 0.6) is 0 Å². The Morgan fingerprint density at radius 1 is 0.875 bits per heavy atom. The summed E-state index contributed by atoms with van der Waals surface area (Å²) < 4.78 is 0. The van der Waals surface area contributed by atoms with Gasteiger partial charge in [0, 0.05) is 18.0 Å². The fraction of sp³-hybridized carbons (Fsp3) is 0. The Morgan fingerprint density at radius 3 is 2.69 bits per heavy atom. The molecule has 0 aliphatic heterocycles. The van der Waals surface area contributed by atoms with Crippen LogP contribution in [-0.2, 0) is 0 Å². The van der Waals surface area contributed by atoms with Crippen molar-refractivity contribution in [2.75, 3.05) is 0 Å². The van der Waals surface area contributed by atoms with E-state index in [2.05, 4.69) is 35.3 Å². The second kappa shape index (κ2) is 3.78. The Bertz CT molecular complexity index is 614. The van der Waals surface area contributed by atoms with Crippen LogP contribution in [0.25, 0.3) is 21.9 Å². The number of hydrogen-bond donors (Lipinski definition) is 0. The maximum atomic E-state index is 4.12. The van der Waals surface area contributed by atoms with Crippen LogP contribution in [0.4, 0.5) is 0 Å². The first-order valence-corrected chi connectivity index (χ1v) is 5.25. The monoisotopic (exact) mass is 204 g/mol. The Morgan fingerprint density at radius 2 is 1.81 bits per heavy atom. The van der Waals surface area contributed by atoms with Gasteiger partial charge in [-0.2, -0.15) is 0 Å². The van der Waals surface area contributed by atoms with Gasteiger partial charge in [-0.3, -0.25) is 4.98 Å². The Balaban J connectivity index is 2.19. The van der Waals surface area contributed by atoms with Gasteiger partial charge in [0.15, 0.2) is 0 Å². The highest BCUT2D eigenvalue weighted by atomic mass is 14.6. The quantitative estimate of drug-likeness (QED) is 0.589. The molecule has 1 aromatic heterocycles. The molecule has 0 amide bonds. The number of fused-ring (bicyclic) bond motifs is 1. The highest BCUT2D eigenvalue weighted by Crippen LogP contribution is 2.22. The minimum Gasteiger partial charge on any atom is -0.264 e. The van der Waals surface area contributed by atoms with Crippen LogP contribution in [0.2, 0.25) is 0 Å². The summed E-state index contributed by atoms with van der Waals surface area (Å²) in [7, 11) is 0. The molecule has 1 heteroatoms. The molecule has 0 fully saturated rings. The Labute approximate surface area is 94.4 Å². The fourth-order valence-corrected chi connectivity index (χ4v) is 1.81. The first-order chi connectivity index (χ1) is 7.93. The molecule has 2 aromatic carbocycles. The summed E-state index contributed by atoms with van der Waals surface area (Å²) in [6.07, 6.45) is 3.64. The zero-order valence-corrected chi connectivity index (χ0v) is 8.72. The van der Waals surface area contributed by atoms with E-state index in [1.165, 1.54) is 5.39 Å². The average molecular weight is 204 g/mol. The van der Waals surface area contributed by atoms with Crippen molar-refractivity contribution in [2.24, 2.45) is 0 Å². The van der Waals surface area contributed by atoms with E-state index in [-0.39, 0.29) is 0 Å². The predicted octanol–water partition coefficient (Wildman–Crippen LogP) is 3.70. The highest BCUT2D eigenvalue weighted by molar-refractivity contribution is 5.86. The van der Waals surface area contributed by atoms with Crippen molar-refractivity contribution < 1.29 is 0 Å². The largest absolute Gasteiger partial charge is 0.264 e. The van der Waals surface area contributed by atoms with Crippen LogP contribution >= 0.6 is 0 Å². The van der Waals surface area contributed by atoms with Crippen molar-refractivity contribution in [3.63, 3.8) is 0 Å². The Kier molecular flexibility index (Phi) is 2.15. The smallest absolute Gasteiger partial charge is 0.0346 e. The molecule has 0 saturated heterocycles.